The largest absolute Gasteiger partial charge is 0.345 e. The van der Waals surface area contributed by atoms with Crippen LogP contribution in [0.2, 0.25) is 0 Å². The summed E-state index contributed by atoms with van der Waals surface area (Å²) in [6, 6.07) is 10.1. The summed E-state index contributed by atoms with van der Waals surface area (Å²) in [6.07, 6.45) is 0.489. The Morgan fingerprint density at radius 1 is 0.963 bits per heavy atom. The maximum absolute atomic E-state index is 13.5. The molecule has 0 aliphatic carbocycles. The van der Waals surface area contributed by atoms with E-state index in [-0.39, 0.29) is 24.3 Å². The minimum absolute atomic E-state index is 0.0356. The predicted molar refractivity (Wildman–Crippen MR) is 97.2 cm³/mol. The predicted octanol–water partition coefficient (Wildman–Crippen LogP) is 3.46. The van der Waals surface area contributed by atoms with Crippen molar-refractivity contribution in [1.29, 1.82) is 0 Å². The number of rotatable bonds is 8. The molecule has 0 heterocycles. The Hall–Kier alpha value is -3.09. The lowest BCUT2D eigenvalue weighted by atomic mass is 10.1. The first-order chi connectivity index (χ1) is 12.9. The maximum Gasteiger partial charge on any atom is 0.246 e. The average Bonchev–Trinajstić information content (AvgIpc) is 2.64. The van der Waals surface area contributed by atoms with E-state index in [0.717, 1.165) is 0 Å². The highest BCUT2D eigenvalue weighted by atomic mass is 19.1. The summed E-state index contributed by atoms with van der Waals surface area (Å²) in [5, 5.41) is 4.91. The zero-order valence-corrected chi connectivity index (χ0v) is 14.8. The zero-order valence-electron chi connectivity index (χ0n) is 14.8. The standard InChI is InChI=1S/C20H20F2N2O3/c1-13(20(27)24-17-6-3-2-5-16(17)22)23-19(26)8-4-7-18(25)14-9-11-15(21)12-10-14/h2-3,5-6,9-13H,4,7-8H2,1H3,(H,23,26)(H,24,27). The number of amides is 2. The van der Waals surface area contributed by atoms with E-state index in [4.69, 9.17) is 0 Å². The number of carbonyl (C=O) groups excluding carboxylic acids is 3. The quantitative estimate of drug-likeness (QED) is 0.695. The number of benzene rings is 2. The summed E-state index contributed by atoms with van der Waals surface area (Å²) >= 11 is 0. The smallest absolute Gasteiger partial charge is 0.246 e. The number of carbonyl (C=O) groups is 3. The van der Waals surface area contributed by atoms with Crippen LogP contribution in [0.3, 0.4) is 0 Å². The molecule has 2 aromatic rings. The number of ketones is 1. The molecule has 0 aromatic heterocycles. The molecular formula is C20H20F2N2O3. The van der Waals surface area contributed by atoms with Crippen molar-refractivity contribution in [3.8, 4) is 0 Å². The van der Waals surface area contributed by atoms with Gasteiger partial charge in [0.1, 0.15) is 17.7 Å². The fraction of sp³-hybridized carbons (Fsp3) is 0.250. The third kappa shape index (κ3) is 6.29. The highest BCUT2D eigenvalue weighted by molar-refractivity contribution is 5.97. The first-order valence-electron chi connectivity index (χ1n) is 8.50. The molecule has 7 heteroatoms. The third-order valence-electron chi connectivity index (χ3n) is 3.88. The highest BCUT2D eigenvalue weighted by Gasteiger charge is 2.17. The Bertz CT molecular complexity index is 822. The molecule has 0 fully saturated rings. The molecule has 0 spiro atoms. The molecule has 2 aromatic carbocycles. The topological polar surface area (TPSA) is 75.3 Å². The summed E-state index contributed by atoms with van der Waals surface area (Å²) in [4.78, 5) is 35.9. The van der Waals surface area contributed by atoms with Gasteiger partial charge in [0.2, 0.25) is 11.8 Å². The van der Waals surface area contributed by atoms with Crippen LogP contribution in [-0.4, -0.2) is 23.6 Å². The second-order valence-electron chi connectivity index (χ2n) is 6.04. The summed E-state index contributed by atoms with van der Waals surface area (Å²) < 4.78 is 26.4. The summed E-state index contributed by atoms with van der Waals surface area (Å²) in [5.74, 6) is -2.11. The van der Waals surface area contributed by atoms with E-state index >= 15 is 0 Å². The zero-order chi connectivity index (χ0) is 19.8. The van der Waals surface area contributed by atoms with Crippen LogP contribution in [0.1, 0.15) is 36.5 Å². The first kappa shape index (κ1) is 20.2. The van der Waals surface area contributed by atoms with Gasteiger partial charge in [0.25, 0.3) is 0 Å². The van der Waals surface area contributed by atoms with Crippen LogP contribution >= 0.6 is 0 Å². The average molecular weight is 374 g/mol. The van der Waals surface area contributed by atoms with E-state index in [2.05, 4.69) is 10.6 Å². The van der Waals surface area contributed by atoms with Crippen molar-refractivity contribution in [2.24, 2.45) is 0 Å². The number of nitrogens with one attached hydrogen (secondary N) is 2. The summed E-state index contributed by atoms with van der Waals surface area (Å²) in [7, 11) is 0. The number of hydrogen-bond donors (Lipinski definition) is 2. The minimum Gasteiger partial charge on any atom is -0.345 e. The molecule has 0 saturated heterocycles. The Balaban J connectivity index is 1.74. The molecule has 5 nitrogen and oxygen atoms in total. The lowest BCUT2D eigenvalue weighted by Gasteiger charge is -2.14. The van der Waals surface area contributed by atoms with Crippen molar-refractivity contribution in [1.82, 2.24) is 5.32 Å². The van der Waals surface area contributed by atoms with Gasteiger partial charge in [-0.25, -0.2) is 8.78 Å². The highest BCUT2D eigenvalue weighted by Crippen LogP contribution is 2.13. The van der Waals surface area contributed by atoms with E-state index in [9.17, 15) is 23.2 Å². The Morgan fingerprint density at radius 2 is 1.63 bits per heavy atom. The van der Waals surface area contributed by atoms with Crippen molar-refractivity contribution in [3.63, 3.8) is 0 Å². The van der Waals surface area contributed by atoms with Crippen LogP contribution in [-0.2, 0) is 9.59 Å². The molecule has 1 atom stereocenters. The molecule has 0 radical (unpaired) electrons. The molecule has 2 N–H and O–H groups in total. The van der Waals surface area contributed by atoms with Gasteiger partial charge in [0.15, 0.2) is 5.78 Å². The van der Waals surface area contributed by atoms with E-state index in [1.165, 1.54) is 49.4 Å². The molecule has 1 unspecified atom stereocenters. The number of halogens is 2. The van der Waals surface area contributed by atoms with Crippen LogP contribution in [0.5, 0.6) is 0 Å². The Kier molecular flexibility index (Phi) is 7.16. The molecule has 2 amide bonds. The van der Waals surface area contributed by atoms with Crippen molar-refractivity contribution in [2.45, 2.75) is 32.2 Å². The summed E-state index contributed by atoms with van der Waals surface area (Å²) in [6.45, 7) is 1.48. The second-order valence-corrected chi connectivity index (χ2v) is 6.04. The first-order valence-corrected chi connectivity index (χ1v) is 8.50. The van der Waals surface area contributed by atoms with Crippen molar-refractivity contribution in [3.05, 3.63) is 65.7 Å². The third-order valence-corrected chi connectivity index (χ3v) is 3.88. The van der Waals surface area contributed by atoms with Crippen LogP contribution in [0.15, 0.2) is 48.5 Å². The molecule has 0 saturated carbocycles. The fourth-order valence-electron chi connectivity index (χ4n) is 2.37. The van der Waals surface area contributed by atoms with Gasteiger partial charge >= 0.3 is 0 Å². The van der Waals surface area contributed by atoms with Gasteiger partial charge in [-0.1, -0.05) is 12.1 Å². The Labute approximate surface area is 155 Å². The molecule has 0 aliphatic rings. The summed E-state index contributed by atoms with van der Waals surface area (Å²) in [5.41, 5.74) is 0.419. The molecular weight excluding hydrogens is 354 g/mol. The normalized spacial score (nSPS) is 11.5. The number of Topliss-reactive ketones (excluding diaryl/α,β-unsaturated/α-hetero) is 1. The maximum atomic E-state index is 13.5. The number of para-hydroxylation sites is 1. The van der Waals surface area contributed by atoms with Gasteiger partial charge in [0.05, 0.1) is 5.69 Å². The molecule has 27 heavy (non-hydrogen) atoms. The molecule has 2 rings (SSSR count). The van der Waals surface area contributed by atoms with Gasteiger partial charge in [-0.15, -0.1) is 0 Å². The van der Waals surface area contributed by atoms with E-state index in [1.54, 1.807) is 6.07 Å². The second kappa shape index (κ2) is 9.56. The lowest BCUT2D eigenvalue weighted by molar-refractivity contribution is -0.126. The van der Waals surface area contributed by atoms with Gasteiger partial charge in [-0.2, -0.15) is 0 Å². The van der Waals surface area contributed by atoms with Gasteiger partial charge in [-0.05, 0) is 49.7 Å². The van der Waals surface area contributed by atoms with Crippen molar-refractivity contribution >= 4 is 23.3 Å². The van der Waals surface area contributed by atoms with Crippen molar-refractivity contribution < 1.29 is 23.2 Å². The van der Waals surface area contributed by atoms with Crippen LogP contribution in [0.25, 0.3) is 0 Å². The number of anilines is 1. The van der Waals surface area contributed by atoms with Gasteiger partial charge in [-0.3, -0.25) is 14.4 Å². The Morgan fingerprint density at radius 3 is 2.30 bits per heavy atom. The lowest BCUT2D eigenvalue weighted by Crippen LogP contribution is -2.41. The van der Waals surface area contributed by atoms with Crippen LogP contribution in [0.4, 0.5) is 14.5 Å². The van der Waals surface area contributed by atoms with E-state index in [1.807, 2.05) is 0 Å². The minimum atomic E-state index is -0.857. The van der Waals surface area contributed by atoms with Gasteiger partial charge in [0, 0.05) is 18.4 Å². The van der Waals surface area contributed by atoms with E-state index < -0.39 is 29.5 Å². The molecule has 0 bridgehead atoms. The van der Waals surface area contributed by atoms with Gasteiger partial charge < -0.3 is 10.6 Å². The molecule has 142 valence electrons. The van der Waals surface area contributed by atoms with Crippen LogP contribution < -0.4 is 10.6 Å². The molecule has 0 aliphatic heterocycles. The van der Waals surface area contributed by atoms with E-state index in [0.29, 0.717) is 12.0 Å². The fourth-order valence-corrected chi connectivity index (χ4v) is 2.37. The number of hydrogen-bond acceptors (Lipinski definition) is 3. The van der Waals surface area contributed by atoms with Crippen molar-refractivity contribution in [2.75, 3.05) is 5.32 Å². The SMILES string of the molecule is CC(NC(=O)CCCC(=O)c1ccc(F)cc1)C(=O)Nc1ccccc1F. The van der Waals surface area contributed by atoms with Crippen LogP contribution in [0, 0.1) is 11.6 Å². The monoisotopic (exact) mass is 374 g/mol.